The van der Waals surface area contributed by atoms with Gasteiger partial charge in [-0.25, -0.2) is 0 Å². The first-order valence-electron chi connectivity index (χ1n) is 6.92. The predicted molar refractivity (Wildman–Crippen MR) is 74.4 cm³/mol. The van der Waals surface area contributed by atoms with Crippen molar-refractivity contribution in [1.29, 1.82) is 0 Å². The standard InChI is InChI=1S/C15H24OS/c1-3-5-13-6-4-9-15(16,10-7-13)14-12(2)8-11-17-14/h8,11,13,16H,3-7,9-10H2,1-2H3. The van der Waals surface area contributed by atoms with Gasteiger partial charge in [0, 0.05) is 4.88 Å². The van der Waals surface area contributed by atoms with Gasteiger partial charge in [-0.2, -0.15) is 0 Å². The molecule has 0 saturated heterocycles. The van der Waals surface area contributed by atoms with Crippen LogP contribution in [0.4, 0.5) is 0 Å². The smallest absolute Gasteiger partial charge is 0.0990 e. The van der Waals surface area contributed by atoms with Crippen molar-refractivity contribution in [2.24, 2.45) is 5.92 Å². The van der Waals surface area contributed by atoms with Crippen LogP contribution in [0.5, 0.6) is 0 Å². The van der Waals surface area contributed by atoms with E-state index in [-0.39, 0.29) is 0 Å². The summed E-state index contributed by atoms with van der Waals surface area (Å²) >= 11 is 1.73. The zero-order valence-corrected chi connectivity index (χ0v) is 11.9. The second-order valence-corrected chi connectivity index (χ2v) is 6.47. The van der Waals surface area contributed by atoms with Crippen LogP contribution in [0.25, 0.3) is 0 Å². The first-order chi connectivity index (χ1) is 8.15. The van der Waals surface area contributed by atoms with Crippen LogP contribution >= 0.6 is 11.3 Å². The molecule has 0 aliphatic heterocycles. The molecule has 1 aromatic rings. The predicted octanol–water partition coefficient (Wildman–Crippen LogP) is 4.62. The molecule has 1 nitrogen and oxygen atoms in total. The summed E-state index contributed by atoms with van der Waals surface area (Å²) in [7, 11) is 0. The normalized spacial score (nSPS) is 30.2. The SMILES string of the molecule is CCCC1CCCC(O)(c2sccc2C)CC1. The van der Waals surface area contributed by atoms with E-state index in [0.717, 1.165) is 18.8 Å². The summed E-state index contributed by atoms with van der Waals surface area (Å²) in [5, 5.41) is 13.0. The van der Waals surface area contributed by atoms with Crippen molar-refractivity contribution < 1.29 is 5.11 Å². The summed E-state index contributed by atoms with van der Waals surface area (Å²) in [5.74, 6) is 0.842. The average molecular weight is 252 g/mol. The third-order valence-corrected chi connectivity index (χ3v) is 5.36. The minimum Gasteiger partial charge on any atom is -0.384 e. The van der Waals surface area contributed by atoms with E-state index in [1.807, 2.05) is 0 Å². The monoisotopic (exact) mass is 252 g/mol. The van der Waals surface area contributed by atoms with Crippen LogP contribution in [0.3, 0.4) is 0 Å². The Kier molecular flexibility index (Phi) is 4.26. The maximum absolute atomic E-state index is 10.9. The molecule has 2 unspecified atom stereocenters. The Morgan fingerprint density at radius 2 is 2.24 bits per heavy atom. The van der Waals surface area contributed by atoms with Crippen molar-refractivity contribution >= 4 is 11.3 Å². The number of rotatable bonds is 3. The van der Waals surface area contributed by atoms with Crippen molar-refractivity contribution in [1.82, 2.24) is 0 Å². The molecular weight excluding hydrogens is 228 g/mol. The molecule has 0 spiro atoms. The molecule has 0 amide bonds. The number of hydrogen-bond donors (Lipinski definition) is 1. The van der Waals surface area contributed by atoms with E-state index in [1.54, 1.807) is 11.3 Å². The highest BCUT2D eigenvalue weighted by Crippen LogP contribution is 2.42. The lowest BCUT2D eigenvalue weighted by atomic mass is 9.89. The molecule has 1 heterocycles. The quantitative estimate of drug-likeness (QED) is 0.778. The second-order valence-electron chi connectivity index (χ2n) is 5.55. The molecule has 2 heteroatoms. The fraction of sp³-hybridized carbons (Fsp3) is 0.733. The molecule has 2 rings (SSSR count). The Balaban J connectivity index is 2.09. The van der Waals surface area contributed by atoms with Gasteiger partial charge in [-0.15, -0.1) is 11.3 Å². The highest BCUT2D eigenvalue weighted by atomic mass is 32.1. The largest absolute Gasteiger partial charge is 0.384 e. The number of thiophene rings is 1. The topological polar surface area (TPSA) is 20.2 Å². The first kappa shape index (κ1) is 13.1. The van der Waals surface area contributed by atoms with Gasteiger partial charge in [0.15, 0.2) is 0 Å². The lowest BCUT2D eigenvalue weighted by Gasteiger charge is -2.26. The minimum absolute atomic E-state index is 0.527. The molecule has 17 heavy (non-hydrogen) atoms. The van der Waals surface area contributed by atoms with Gasteiger partial charge in [0.2, 0.25) is 0 Å². The van der Waals surface area contributed by atoms with Crippen molar-refractivity contribution in [3.63, 3.8) is 0 Å². The minimum atomic E-state index is -0.527. The molecule has 0 bridgehead atoms. The average Bonchev–Trinajstić information content (AvgIpc) is 2.64. The highest BCUT2D eigenvalue weighted by molar-refractivity contribution is 7.10. The Bertz CT molecular complexity index is 358. The summed E-state index contributed by atoms with van der Waals surface area (Å²) in [5.41, 5.74) is 0.743. The van der Waals surface area contributed by atoms with Gasteiger partial charge in [0.05, 0.1) is 5.60 Å². The summed E-state index contributed by atoms with van der Waals surface area (Å²) in [6.45, 7) is 4.39. The number of aliphatic hydroxyl groups is 1. The zero-order chi connectivity index (χ0) is 12.3. The van der Waals surface area contributed by atoms with E-state index in [4.69, 9.17) is 0 Å². The lowest BCUT2D eigenvalue weighted by molar-refractivity contribution is 0.0227. The molecule has 1 aliphatic rings. The highest BCUT2D eigenvalue weighted by Gasteiger charge is 2.34. The van der Waals surface area contributed by atoms with Gasteiger partial charge in [0.25, 0.3) is 0 Å². The zero-order valence-electron chi connectivity index (χ0n) is 11.0. The third kappa shape index (κ3) is 2.92. The molecule has 1 saturated carbocycles. The molecule has 96 valence electrons. The van der Waals surface area contributed by atoms with Crippen LogP contribution in [0.1, 0.15) is 62.3 Å². The van der Waals surface area contributed by atoms with Crippen LogP contribution in [-0.4, -0.2) is 5.11 Å². The summed E-state index contributed by atoms with van der Waals surface area (Å²) in [6, 6.07) is 2.13. The van der Waals surface area contributed by atoms with Crippen molar-refractivity contribution in [2.75, 3.05) is 0 Å². The molecule has 1 aromatic heterocycles. The van der Waals surface area contributed by atoms with E-state index < -0.39 is 5.60 Å². The van der Waals surface area contributed by atoms with E-state index in [9.17, 15) is 5.11 Å². The summed E-state index contributed by atoms with van der Waals surface area (Å²) < 4.78 is 0. The van der Waals surface area contributed by atoms with Gasteiger partial charge in [-0.05, 0) is 55.5 Å². The fourth-order valence-corrected chi connectivity index (χ4v) is 4.25. The molecule has 1 fully saturated rings. The maximum atomic E-state index is 10.9. The van der Waals surface area contributed by atoms with Crippen molar-refractivity contribution in [3.05, 3.63) is 21.9 Å². The Morgan fingerprint density at radius 3 is 2.88 bits per heavy atom. The Morgan fingerprint density at radius 1 is 1.41 bits per heavy atom. The van der Waals surface area contributed by atoms with Gasteiger partial charge >= 0.3 is 0 Å². The van der Waals surface area contributed by atoms with Crippen molar-refractivity contribution in [2.45, 2.75) is 64.4 Å². The van der Waals surface area contributed by atoms with Gasteiger partial charge in [-0.1, -0.05) is 26.2 Å². The molecular formula is C15H24OS. The summed E-state index contributed by atoms with van der Waals surface area (Å²) in [4.78, 5) is 1.22. The van der Waals surface area contributed by atoms with E-state index in [2.05, 4.69) is 25.3 Å². The van der Waals surface area contributed by atoms with Crippen LogP contribution < -0.4 is 0 Å². The van der Waals surface area contributed by atoms with Crippen LogP contribution in [0.15, 0.2) is 11.4 Å². The molecule has 1 aliphatic carbocycles. The summed E-state index contributed by atoms with van der Waals surface area (Å²) in [6.07, 6.45) is 8.20. The third-order valence-electron chi connectivity index (χ3n) is 4.15. The van der Waals surface area contributed by atoms with Gasteiger partial charge in [-0.3, -0.25) is 0 Å². The molecule has 2 atom stereocenters. The van der Waals surface area contributed by atoms with E-state index in [0.29, 0.717) is 0 Å². The lowest BCUT2D eigenvalue weighted by Crippen LogP contribution is -2.24. The Labute approximate surface area is 109 Å². The molecule has 0 aromatic carbocycles. The Hall–Kier alpha value is -0.340. The second kappa shape index (κ2) is 5.53. The number of aryl methyl sites for hydroxylation is 1. The van der Waals surface area contributed by atoms with Crippen molar-refractivity contribution in [3.8, 4) is 0 Å². The van der Waals surface area contributed by atoms with Gasteiger partial charge < -0.3 is 5.11 Å². The van der Waals surface area contributed by atoms with Gasteiger partial charge in [0.1, 0.15) is 0 Å². The maximum Gasteiger partial charge on any atom is 0.0990 e. The fourth-order valence-electron chi connectivity index (χ4n) is 3.17. The molecule has 0 radical (unpaired) electrons. The van der Waals surface area contributed by atoms with E-state index >= 15 is 0 Å². The van der Waals surface area contributed by atoms with Crippen LogP contribution in [0.2, 0.25) is 0 Å². The molecule has 1 N–H and O–H groups in total. The first-order valence-corrected chi connectivity index (χ1v) is 7.80. The van der Waals surface area contributed by atoms with E-state index in [1.165, 1.54) is 42.5 Å². The van der Waals surface area contributed by atoms with Crippen LogP contribution in [0, 0.1) is 12.8 Å². The number of hydrogen-bond acceptors (Lipinski definition) is 2. The van der Waals surface area contributed by atoms with Crippen LogP contribution in [-0.2, 0) is 5.60 Å².